The average molecular weight is 228 g/mol. The minimum atomic E-state index is -0.934. The molecule has 17 heavy (non-hydrogen) atoms. The van der Waals surface area contributed by atoms with Crippen molar-refractivity contribution in [2.75, 3.05) is 0 Å². The molecule has 84 valence electrons. The molecule has 2 aromatic carbocycles. The smallest absolute Gasteiger partial charge is 0.335 e. The van der Waals surface area contributed by atoms with Crippen LogP contribution in [0.4, 0.5) is 0 Å². The van der Waals surface area contributed by atoms with Gasteiger partial charge in [-0.05, 0) is 29.8 Å². The first-order valence-corrected chi connectivity index (χ1v) is 5.06. The first-order chi connectivity index (χ1) is 8.24. The number of fused-ring (bicyclic) bond motifs is 2. The van der Waals surface area contributed by atoms with Crippen molar-refractivity contribution in [3.8, 4) is 22.6 Å². The van der Waals surface area contributed by atoms with E-state index in [2.05, 4.69) is 0 Å². The summed E-state index contributed by atoms with van der Waals surface area (Å²) in [4.78, 5) is 20.7. The lowest BCUT2D eigenvalue weighted by Gasteiger charge is -2.02. The molecule has 4 nitrogen and oxygen atoms in total. The molecule has 0 amide bonds. The fourth-order valence-electron chi connectivity index (χ4n) is 1.75. The topological polar surface area (TPSA) is 55.8 Å². The van der Waals surface area contributed by atoms with Crippen molar-refractivity contribution in [3.63, 3.8) is 0 Å². The molecule has 1 aliphatic rings. The van der Waals surface area contributed by atoms with Crippen LogP contribution in [0, 0.1) is 0 Å². The van der Waals surface area contributed by atoms with Gasteiger partial charge in [0.15, 0.2) is 11.5 Å². The van der Waals surface area contributed by atoms with Crippen molar-refractivity contribution in [1.29, 1.82) is 0 Å². The van der Waals surface area contributed by atoms with Crippen molar-refractivity contribution in [2.45, 2.75) is 0 Å². The third-order valence-corrected chi connectivity index (χ3v) is 2.62. The van der Waals surface area contributed by atoms with E-state index >= 15 is 0 Å². The second-order valence-corrected chi connectivity index (χ2v) is 3.71. The number of hydrogen-bond donors (Lipinski definition) is 1. The quantitative estimate of drug-likeness (QED) is 0.803. The van der Waals surface area contributed by atoms with Gasteiger partial charge in [-0.3, -0.25) is 9.78 Å². The Labute approximate surface area is 97.0 Å². The largest absolute Gasteiger partial charge is 0.478 e. The third kappa shape index (κ3) is 1.59. The second-order valence-electron chi connectivity index (χ2n) is 3.71. The van der Waals surface area contributed by atoms with E-state index in [4.69, 9.17) is 14.9 Å². The number of rotatable bonds is 2. The van der Waals surface area contributed by atoms with E-state index in [1.165, 1.54) is 0 Å². The Balaban J connectivity index is 2.03. The summed E-state index contributed by atoms with van der Waals surface area (Å²) >= 11 is 0. The van der Waals surface area contributed by atoms with Gasteiger partial charge in [0.1, 0.15) is 0 Å². The molecule has 3 rings (SSSR count). The molecule has 2 bridgehead atoms. The molecule has 0 fully saturated rings. The fraction of sp³-hybridized carbons (Fsp3) is 0. The Morgan fingerprint density at radius 3 is 2.47 bits per heavy atom. The van der Waals surface area contributed by atoms with Crippen molar-refractivity contribution in [2.24, 2.45) is 0 Å². The summed E-state index contributed by atoms with van der Waals surface area (Å²) in [5.41, 5.74) is 2.03. The zero-order valence-electron chi connectivity index (χ0n) is 8.71. The van der Waals surface area contributed by atoms with Crippen LogP contribution < -0.4 is 9.78 Å². The molecule has 0 aromatic heterocycles. The zero-order chi connectivity index (χ0) is 11.8. The maximum Gasteiger partial charge on any atom is 0.335 e. The van der Waals surface area contributed by atoms with Gasteiger partial charge in [0.25, 0.3) is 0 Å². The molecule has 1 heterocycles. The molecule has 0 saturated heterocycles. The maximum atomic E-state index is 10.7. The Kier molecular flexibility index (Phi) is 2.01. The summed E-state index contributed by atoms with van der Waals surface area (Å²) in [6.07, 6.45) is 0. The fourth-order valence-corrected chi connectivity index (χ4v) is 1.75. The standard InChI is InChI=1S/C13H8O4/c14-13(15)9-3-1-8(2-4-9)11-6-5-10-7-12(11)17-16-10/h1-7H,(H,14,15). The van der Waals surface area contributed by atoms with Crippen molar-refractivity contribution >= 4 is 5.97 Å². The predicted molar refractivity (Wildman–Crippen MR) is 60.1 cm³/mol. The second kappa shape index (κ2) is 3.52. The van der Waals surface area contributed by atoms with Gasteiger partial charge in [-0.1, -0.05) is 12.1 Å². The molecule has 0 saturated carbocycles. The van der Waals surface area contributed by atoms with Crippen LogP contribution in [-0.2, 0) is 0 Å². The Bertz CT molecular complexity index is 587. The van der Waals surface area contributed by atoms with Gasteiger partial charge in [-0.15, -0.1) is 0 Å². The van der Waals surface area contributed by atoms with Gasteiger partial charge in [-0.2, -0.15) is 0 Å². The van der Waals surface area contributed by atoms with E-state index in [0.29, 0.717) is 11.5 Å². The molecular weight excluding hydrogens is 220 g/mol. The van der Waals surface area contributed by atoms with Crippen LogP contribution in [0.3, 0.4) is 0 Å². The molecule has 0 radical (unpaired) electrons. The van der Waals surface area contributed by atoms with E-state index < -0.39 is 5.97 Å². The van der Waals surface area contributed by atoms with Crippen molar-refractivity contribution < 1.29 is 19.7 Å². The Hall–Kier alpha value is -2.49. The molecule has 0 atom stereocenters. The summed E-state index contributed by atoms with van der Waals surface area (Å²) in [5.74, 6) is 0.382. The molecule has 0 spiro atoms. The Morgan fingerprint density at radius 2 is 1.76 bits per heavy atom. The monoisotopic (exact) mass is 228 g/mol. The van der Waals surface area contributed by atoms with E-state index in [1.807, 2.05) is 6.07 Å². The molecule has 0 aliphatic carbocycles. The van der Waals surface area contributed by atoms with E-state index in [-0.39, 0.29) is 5.56 Å². The van der Waals surface area contributed by atoms with Crippen LogP contribution in [0.25, 0.3) is 11.1 Å². The minimum absolute atomic E-state index is 0.263. The van der Waals surface area contributed by atoms with Gasteiger partial charge in [0, 0.05) is 11.6 Å². The maximum absolute atomic E-state index is 10.7. The van der Waals surface area contributed by atoms with Gasteiger partial charge in [-0.25, -0.2) is 4.79 Å². The van der Waals surface area contributed by atoms with E-state index in [9.17, 15) is 4.79 Å². The highest BCUT2D eigenvalue weighted by molar-refractivity contribution is 5.88. The molecular formula is C13H8O4. The number of hydrogen-bond acceptors (Lipinski definition) is 3. The molecule has 1 N–H and O–H groups in total. The predicted octanol–water partition coefficient (Wildman–Crippen LogP) is 2.74. The van der Waals surface area contributed by atoms with Crippen LogP contribution in [0.15, 0.2) is 42.5 Å². The number of aromatic carboxylic acids is 1. The number of benzene rings is 2. The molecule has 2 aromatic rings. The number of carboxylic acids is 1. The zero-order valence-corrected chi connectivity index (χ0v) is 8.71. The SMILES string of the molecule is O=C(O)c1ccc(-c2ccc3cc2OO3)cc1. The number of carboxylic acid groups (broad SMARTS) is 1. The van der Waals surface area contributed by atoms with Crippen LogP contribution in [0.1, 0.15) is 10.4 Å². The van der Waals surface area contributed by atoms with Crippen LogP contribution >= 0.6 is 0 Å². The van der Waals surface area contributed by atoms with Crippen molar-refractivity contribution in [1.82, 2.24) is 0 Å². The first-order valence-electron chi connectivity index (χ1n) is 5.06. The van der Waals surface area contributed by atoms with Gasteiger partial charge < -0.3 is 5.11 Å². The highest BCUT2D eigenvalue weighted by atomic mass is 17.2. The highest BCUT2D eigenvalue weighted by Crippen LogP contribution is 2.37. The Morgan fingerprint density at radius 1 is 1.00 bits per heavy atom. The number of carbonyl (C=O) groups is 1. The van der Waals surface area contributed by atoms with Crippen LogP contribution in [0.5, 0.6) is 11.5 Å². The van der Waals surface area contributed by atoms with Crippen molar-refractivity contribution in [3.05, 3.63) is 48.0 Å². The molecule has 4 heteroatoms. The summed E-state index contributed by atoms with van der Waals surface area (Å²) in [6, 6.07) is 12.1. The van der Waals surface area contributed by atoms with E-state index in [1.54, 1.807) is 36.4 Å². The lowest BCUT2D eigenvalue weighted by atomic mass is 10.0. The van der Waals surface area contributed by atoms with Gasteiger partial charge >= 0.3 is 5.97 Å². The minimum Gasteiger partial charge on any atom is -0.478 e. The molecule has 0 unspecified atom stereocenters. The summed E-state index contributed by atoms with van der Waals surface area (Å²) in [5, 5.41) is 8.81. The molecule has 1 aliphatic heterocycles. The van der Waals surface area contributed by atoms with E-state index in [0.717, 1.165) is 11.1 Å². The van der Waals surface area contributed by atoms with Crippen LogP contribution in [0.2, 0.25) is 0 Å². The average Bonchev–Trinajstić information content (AvgIpc) is 2.72. The normalized spacial score (nSPS) is 11.8. The van der Waals surface area contributed by atoms with Gasteiger partial charge in [0.2, 0.25) is 0 Å². The highest BCUT2D eigenvalue weighted by Gasteiger charge is 2.16. The third-order valence-electron chi connectivity index (χ3n) is 2.62. The lowest BCUT2D eigenvalue weighted by Crippen LogP contribution is -1.95. The summed E-state index contributed by atoms with van der Waals surface area (Å²) in [7, 11) is 0. The lowest BCUT2D eigenvalue weighted by molar-refractivity contribution is -0.0842. The first kappa shape index (κ1) is 9.72. The summed E-state index contributed by atoms with van der Waals surface area (Å²) in [6.45, 7) is 0. The summed E-state index contributed by atoms with van der Waals surface area (Å²) < 4.78 is 0. The van der Waals surface area contributed by atoms with Gasteiger partial charge in [0.05, 0.1) is 5.56 Å². The van der Waals surface area contributed by atoms with Crippen LogP contribution in [-0.4, -0.2) is 11.1 Å².